The number of hydrogen-bond acceptors (Lipinski definition) is 3. The number of aromatic hydroxyl groups is 2. The molecule has 2 aromatic carbocycles. The first-order valence-electron chi connectivity index (χ1n) is 6.38. The first kappa shape index (κ1) is 13.9. The van der Waals surface area contributed by atoms with Gasteiger partial charge in [-0.05, 0) is 35.4 Å². The summed E-state index contributed by atoms with van der Waals surface area (Å²) in [7, 11) is 1.60. The minimum absolute atomic E-state index is 0.0591. The molecule has 0 unspecified atom stereocenters. The standard InChI is InChI=1S/C16H17NO3/c1-17-16(20)10-15(11-2-6-13(18)7-3-11)12-4-8-14(19)9-5-12/h2-9,15,18-19H,10H2,1H3,(H,17,20). The second-order valence-electron chi connectivity index (χ2n) is 4.61. The molecule has 3 N–H and O–H groups in total. The van der Waals surface area contributed by atoms with E-state index in [1.807, 2.05) is 0 Å². The zero-order valence-electron chi connectivity index (χ0n) is 11.2. The largest absolute Gasteiger partial charge is 0.508 e. The number of phenolic OH excluding ortho intramolecular Hbond substituents is 2. The fourth-order valence-electron chi connectivity index (χ4n) is 2.13. The van der Waals surface area contributed by atoms with Gasteiger partial charge in [0.2, 0.25) is 5.91 Å². The van der Waals surface area contributed by atoms with E-state index in [9.17, 15) is 15.0 Å². The maximum absolute atomic E-state index is 11.7. The molecule has 4 heteroatoms. The van der Waals surface area contributed by atoms with Gasteiger partial charge < -0.3 is 15.5 Å². The quantitative estimate of drug-likeness (QED) is 0.799. The summed E-state index contributed by atoms with van der Waals surface area (Å²) in [6.45, 7) is 0. The molecule has 0 spiro atoms. The van der Waals surface area contributed by atoms with Crippen molar-refractivity contribution in [3.63, 3.8) is 0 Å². The maximum Gasteiger partial charge on any atom is 0.220 e. The average Bonchev–Trinajstić information content (AvgIpc) is 2.46. The molecule has 0 aromatic heterocycles. The van der Waals surface area contributed by atoms with Crippen molar-refractivity contribution in [3.05, 3.63) is 59.7 Å². The van der Waals surface area contributed by atoms with E-state index in [0.29, 0.717) is 6.42 Å². The van der Waals surface area contributed by atoms with Crippen molar-refractivity contribution in [1.29, 1.82) is 0 Å². The Morgan fingerprint density at radius 2 is 1.35 bits per heavy atom. The van der Waals surface area contributed by atoms with Gasteiger partial charge >= 0.3 is 0 Å². The number of benzene rings is 2. The number of carbonyl (C=O) groups excluding carboxylic acids is 1. The van der Waals surface area contributed by atoms with Gasteiger partial charge in [0.05, 0.1) is 0 Å². The van der Waals surface area contributed by atoms with E-state index in [2.05, 4.69) is 5.32 Å². The normalized spacial score (nSPS) is 10.5. The average molecular weight is 271 g/mol. The van der Waals surface area contributed by atoms with Crippen molar-refractivity contribution in [3.8, 4) is 11.5 Å². The molecule has 0 aliphatic carbocycles. The number of rotatable bonds is 4. The van der Waals surface area contributed by atoms with Gasteiger partial charge in [0.25, 0.3) is 0 Å². The highest BCUT2D eigenvalue weighted by Crippen LogP contribution is 2.30. The maximum atomic E-state index is 11.7. The molecule has 0 bridgehead atoms. The first-order valence-corrected chi connectivity index (χ1v) is 6.38. The van der Waals surface area contributed by atoms with Crippen LogP contribution in [0, 0.1) is 0 Å². The zero-order chi connectivity index (χ0) is 14.5. The molecule has 2 rings (SSSR count). The van der Waals surface area contributed by atoms with E-state index < -0.39 is 0 Å². The molecule has 0 atom stereocenters. The molecule has 0 saturated carbocycles. The van der Waals surface area contributed by atoms with Crippen LogP contribution >= 0.6 is 0 Å². The molecule has 20 heavy (non-hydrogen) atoms. The van der Waals surface area contributed by atoms with Crippen molar-refractivity contribution < 1.29 is 15.0 Å². The van der Waals surface area contributed by atoms with Gasteiger partial charge in [-0.25, -0.2) is 0 Å². The van der Waals surface area contributed by atoms with Gasteiger partial charge in [0, 0.05) is 19.4 Å². The summed E-state index contributed by atoms with van der Waals surface area (Å²) < 4.78 is 0. The van der Waals surface area contributed by atoms with E-state index in [-0.39, 0.29) is 23.3 Å². The van der Waals surface area contributed by atoms with Crippen LogP contribution in [0.25, 0.3) is 0 Å². The van der Waals surface area contributed by atoms with Gasteiger partial charge in [-0.2, -0.15) is 0 Å². The van der Waals surface area contributed by atoms with Crippen LogP contribution in [0.4, 0.5) is 0 Å². The van der Waals surface area contributed by atoms with Crippen molar-refractivity contribution in [1.82, 2.24) is 5.32 Å². The Morgan fingerprint density at radius 3 is 1.70 bits per heavy atom. The third-order valence-corrected chi connectivity index (χ3v) is 3.26. The Kier molecular flexibility index (Phi) is 4.25. The van der Waals surface area contributed by atoms with Crippen LogP contribution in [0.15, 0.2) is 48.5 Å². The lowest BCUT2D eigenvalue weighted by atomic mass is 9.88. The number of amides is 1. The van der Waals surface area contributed by atoms with Gasteiger partial charge in [-0.3, -0.25) is 4.79 Å². The van der Waals surface area contributed by atoms with Crippen molar-refractivity contribution in [2.45, 2.75) is 12.3 Å². The Morgan fingerprint density at radius 1 is 0.950 bits per heavy atom. The number of carbonyl (C=O) groups is 1. The molecule has 0 aliphatic heterocycles. The van der Waals surface area contributed by atoms with Crippen LogP contribution in [0.2, 0.25) is 0 Å². The third kappa shape index (κ3) is 3.29. The molecule has 0 heterocycles. The minimum atomic E-state index is -0.115. The van der Waals surface area contributed by atoms with Crippen LogP contribution < -0.4 is 5.32 Å². The van der Waals surface area contributed by atoms with Crippen LogP contribution in [-0.2, 0) is 4.79 Å². The second kappa shape index (κ2) is 6.10. The van der Waals surface area contributed by atoms with Gasteiger partial charge in [0.15, 0.2) is 0 Å². The van der Waals surface area contributed by atoms with E-state index in [1.54, 1.807) is 55.6 Å². The Balaban J connectivity index is 2.35. The molecule has 4 nitrogen and oxygen atoms in total. The fraction of sp³-hybridized carbons (Fsp3) is 0.188. The van der Waals surface area contributed by atoms with E-state index in [0.717, 1.165) is 11.1 Å². The molecule has 104 valence electrons. The molecular formula is C16H17NO3. The summed E-state index contributed by atoms with van der Waals surface area (Å²) >= 11 is 0. The number of nitrogens with one attached hydrogen (secondary N) is 1. The third-order valence-electron chi connectivity index (χ3n) is 3.26. The molecule has 2 aromatic rings. The van der Waals surface area contributed by atoms with Gasteiger partial charge in [-0.1, -0.05) is 24.3 Å². The van der Waals surface area contributed by atoms with Crippen molar-refractivity contribution >= 4 is 5.91 Å². The van der Waals surface area contributed by atoms with Crippen LogP contribution in [0.5, 0.6) is 11.5 Å². The van der Waals surface area contributed by atoms with E-state index in [1.165, 1.54) is 0 Å². The number of hydrogen-bond donors (Lipinski definition) is 3. The Labute approximate surface area is 117 Å². The SMILES string of the molecule is CNC(=O)CC(c1ccc(O)cc1)c1ccc(O)cc1. The van der Waals surface area contributed by atoms with Crippen LogP contribution in [-0.4, -0.2) is 23.2 Å². The predicted molar refractivity (Wildman–Crippen MR) is 76.7 cm³/mol. The smallest absolute Gasteiger partial charge is 0.220 e. The Bertz CT molecular complexity index is 530. The molecule has 0 aliphatic rings. The lowest BCUT2D eigenvalue weighted by Crippen LogP contribution is -2.21. The minimum Gasteiger partial charge on any atom is -0.508 e. The topological polar surface area (TPSA) is 69.6 Å². The second-order valence-corrected chi connectivity index (χ2v) is 4.61. The summed E-state index contributed by atoms with van der Waals surface area (Å²) in [5.41, 5.74) is 1.88. The van der Waals surface area contributed by atoms with Crippen molar-refractivity contribution in [2.75, 3.05) is 7.05 Å². The number of phenols is 2. The van der Waals surface area contributed by atoms with Gasteiger partial charge in [-0.15, -0.1) is 0 Å². The summed E-state index contributed by atoms with van der Waals surface area (Å²) in [5, 5.41) is 21.3. The first-order chi connectivity index (χ1) is 9.60. The Hall–Kier alpha value is -2.49. The summed E-state index contributed by atoms with van der Waals surface area (Å²) in [4.78, 5) is 11.7. The summed E-state index contributed by atoms with van der Waals surface area (Å²) in [6, 6.07) is 13.6. The molecule has 0 radical (unpaired) electrons. The lowest BCUT2D eigenvalue weighted by molar-refractivity contribution is -0.120. The van der Waals surface area contributed by atoms with E-state index >= 15 is 0 Å². The van der Waals surface area contributed by atoms with E-state index in [4.69, 9.17) is 0 Å². The predicted octanol–water partition coefficient (Wildman–Crippen LogP) is 2.37. The highest BCUT2D eigenvalue weighted by molar-refractivity contribution is 5.77. The lowest BCUT2D eigenvalue weighted by Gasteiger charge is -2.17. The van der Waals surface area contributed by atoms with Crippen LogP contribution in [0.1, 0.15) is 23.5 Å². The molecule has 1 amide bonds. The summed E-state index contributed by atoms with van der Waals surface area (Å²) in [5.74, 6) is 0.212. The van der Waals surface area contributed by atoms with Gasteiger partial charge in [0.1, 0.15) is 11.5 Å². The highest BCUT2D eigenvalue weighted by atomic mass is 16.3. The molecular weight excluding hydrogens is 254 g/mol. The highest BCUT2D eigenvalue weighted by Gasteiger charge is 2.17. The molecule has 0 fully saturated rings. The fourth-order valence-corrected chi connectivity index (χ4v) is 2.13. The summed E-state index contributed by atoms with van der Waals surface area (Å²) in [6.07, 6.45) is 0.312. The zero-order valence-corrected chi connectivity index (χ0v) is 11.2. The van der Waals surface area contributed by atoms with Crippen molar-refractivity contribution in [2.24, 2.45) is 0 Å². The molecule has 0 saturated heterocycles. The van der Waals surface area contributed by atoms with Crippen LogP contribution in [0.3, 0.4) is 0 Å². The monoisotopic (exact) mass is 271 g/mol.